The van der Waals surface area contributed by atoms with Crippen molar-refractivity contribution in [3.63, 3.8) is 0 Å². The van der Waals surface area contributed by atoms with Crippen LogP contribution >= 0.6 is 24.0 Å². The average molecular weight is 145 g/mol. The summed E-state index contributed by atoms with van der Waals surface area (Å²) >= 11 is 5.40. The molecule has 0 aliphatic rings. The Hall–Kier alpha value is 0.500. The third kappa shape index (κ3) is 6.50. The highest BCUT2D eigenvalue weighted by Crippen LogP contribution is 1.84. The van der Waals surface area contributed by atoms with E-state index in [0.29, 0.717) is 13.1 Å². The summed E-state index contributed by atoms with van der Waals surface area (Å²) in [6.45, 7) is 0.941. The Morgan fingerprint density at radius 1 is 1.29 bits per heavy atom. The molecule has 0 aliphatic carbocycles. The first-order valence-electron chi connectivity index (χ1n) is 1.85. The van der Waals surface area contributed by atoms with E-state index in [1.807, 2.05) is 0 Å². The molecule has 7 heavy (non-hydrogen) atoms. The molecule has 0 radical (unpaired) electrons. The topological polar surface area (TPSA) is 52.0 Å². The van der Waals surface area contributed by atoms with E-state index in [4.69, 9.17) is 23.1 Å². The van der Waals surface area contributed by atoms with Crippen molar-refractivity contribution in [1.82, 2.24) is 0 Å². The van der Waals surface area contributed by atoms with E-state index < -0.39 is 0 Å². The smallest absolute Gasteiger partial charge is 0.0580 e. The Labute approximate surface area is 54.6 Å². The number of alkyl halides is 1. The molecule has 0 fully saturated rings. The number of hydrogen-bond acceptors (Lipinski definition) is 2. The lowest BCUT2D eigenvalue weighted by Gasteiger charge is -1.96. The van der Waals surface area contributed by atoms with Crippen LogP contribution in [0.1, 0.15) is 0 Å². The van der Waals surface area contributed by atoms with Gasteiger partial charge in [0.2, 0.25) is 0 Å². The maximum absolute atomic E-state index is 5.40. The molecule has 0 amide bonds. The van der Waals surface area contributed by atoms with Crippen molar-refractivity contribution >= 4 is 24.0 Å². The van der Waals surface area contributed by atoms with Crippen molar-refractivity contribution in [3.05, 3.63) is 0 Å². The summed E-state index contributed by atoms with van der Waals surface area (Å²) in [5.74, 6) is 0. The maximum Gasteiger partial charge on any atom is 0.0580 e. The van der Waals surface area contributed by atoms with Crippen molar-refractivity contribution in [1.29, 1.82) is 0 Å². The molecule has 0 saturated heterocycles. The molecule has 0 unspecified atom stereocenters. The summed E-state index contributed by atoms with van der Waals surface area (Å²) < 4.78 is 0. The van der Waals surface area contributed by atoms with Gasteiger partial charge in [-0.2, -0.15) is 0 Å². The Kier molecular flexibility index (Phi) is 9.73. The summed E-state index contributed by atoms with van der Waals surface area (Å²) in [5.41, 5.74) is 10.1. The molecular weight excluding hydrogens is 135 g/mol. The molecule has 4 N–H and O–H groups in total. The molecule has 4 heteroatoms. The van der Waals surface area contributed by atoms with Gasteiger partial charge in [0.1, 0.15) is 0 Å². The predicted octanol–water partition coefficient (Wildman–Crippen LogP) is -0.0670. The highest BCUT2D eigenvalue weighted by Gasteiger charge is 1.92. The second-order valence-electron chi connectivity index (χ2n) is 1.07. The highest BCUT2D eigenvalue weighted by molar-refractivity contribution is 6.20. The van der Waals surface area contributed by atoms with Crippen LogP contribution in [0.25, 0.3) is 0 Å². The quantitative estimate of drug-likeness (QED) is 0.534. The first-order valence-corrected chi connectivity index (χ1v) is 2.29. The molecular formula is C3H10Cl2N2. The average Bonchev–Trinajstić information content (AvgIpc) is 1.65. The Morgan fingerprint density at radius 3 is 1.57 bits per heavy atom. The molecule has 46 valence electrons. The molecule has 0 saturated carbocycles. The molecule has 0 bridgehead atoms. The molecule has 0 aromatic carbocycles. The van der Waals surface area contributed by atoms with Gasteiger partial charge in [-0.15, -0.1) is 24.0 Å². The fourth-order valence-electron chi connectivity index (χ4n) is 0.0962. The van der Waals surface area contributed by atoms with E-state index >= 15 is 0 Å². The molecule has 0 aromatic rings. The van der Waals surface area contributed by atoms with Crippen LogP contribution in [0, 0.1) is 0 Å². The second kappa shape index (κ2) is 6.50. The fourth-order valence-corrected chi connectivity index (χ4v) is 0.0962. The molecule has 0 spiro atoms. The van der Waals surface area contributed by atoms with E-state index in [1.54, 1.807) is 0 Å². The normalized spacial score (nSPS) is 8.57. The lowest BCUT2D eigenvalue weighted by Crippen LogP contribution is -2.22. The van der Waals surface area contributed by atoms with Gasteiger partial charge in [-0.25, -0.2) is 0 Å². The van der Waals surface area contributed by atoms with Crippen molar-refractivity contribution in [2.45, 2.75) is 5.38 Å². The monoisotopic (exact) mass is 144 g/mol. The summed E-state index contributed by atoms with van der Waals surface area (Å²) in [5, 5.41) is -0.0370. The van der Waals surface area contributed by atoms with Gasteiger partial charge in [0.25, 0.3) is 0 Å². The van der Waals surface area contributed by atoms with Gasteiger partial charge in [0, 0.05) is 13.1 Å². The minimum atomic E-state index is -0.0370. The molecule has 0 atom stereocenters. The van der Waals surface area contributed by atoms with E-state index in [2.05, 4.69) is 0 Å². The van der Waals surface area contributed by atoms with Crippen molar-refractivity contribution < 1.29 is 0 Å². The summed E-state index contributed by atoms with van der Waals surface area (Å²) in [4.78, 5) is 0. The van der Waals surface area contributed by atoms with Gasteiger partial charge in [-0.05, 0) is 0 Å². The van der Waals surface area contributed by atoms with Crippen LogP contribution < -0.4 is 11.5 Å². The van der Waals surface area contributed by atoms with E-state index in [0.717, 1.165) is 0 Å². The molecule has 0 aliphatic heterocycles. The van der Waals surface area contributed by atoms with Gasteiger partial charge in [0.15, 0.2) is 0 Å². The van der Waals surface area contributed by atoms with Crippen LogP contribution in [0.3, 0.4) is 0 Å². The largest absolute Gasteiger partial charge is 0.329 e. The molecule has 0 rings (SSSR count). The van der Waals surface area contributed by atoms with Crippen molar-refractivity contribution in [3.8, 4) is 0 Å². The minimum absolute atomic E-state index is 0. The standard InChI is InChI=1S/C3H9ClN2.ClH/c4-3(1-5)2-6;/h3H,1-2,5-6H2;1H. The second-order valence-corrected chi connectivity index (χ2v) is 1.69. The van der Waals surface area contributed by atoms with Gasteiger partial charge in [0.05, 0.1) is 5.38 Å². The SMILES string of the molecule is Cl.NCC(Cl)CN. The Morgan fingerprint density at radius 2 is 1.57 bits per heavy atom. The van der Waals surface area contributed by atoms with Gasteiger partial charge in [-0.1, -0.05) is 0 Å². The van der Waals surface area contributed by atoms with Gasteiger partial charge in [-0.3, -0.25) is 0 Å². The van der Waals surface area contributed by atoms with Gasteiger partial charge >= 0.3 is 0 Å². The van der Waals surface area contributed by atoms with E-state index in [9.17, 15) is 0 Å². The highest BCUT2D eigenvalue weighted by atomic mass is 35.5. The van der Waals surface area contributed by atoms with E-state index in [-0.39, 0.29) is 17.8 Å². The van der Waals surface area contributed by atoms with Crippen molar-refractivity contribution in [2.24, 2.45) is 11.5 Å². The maximum atomic E-state index is 5.40. The Bertz CT molecular complexity index is 30.1. The fraction of sp³-hybridized carbons (Fsp3) is 1.00. The van der Waals surface area contributed by atoms with Crippen LogP contribution in [0.5, 0.6) is 0 Å². The predicted molar refractivity (Wildman–Crippen MR) is 35.0 cm³/mol. The zero-order valence-electron chi connectivity index (χ0n) is 3.93. The van der Waals surface area contributed by atoms with Crippen LogP contribution in [0.4, 0.5) is 0 Å². The lowest BCUT2D eigenvalue weighted by molar-refractivity contribution is 0.853. The van der Waals surface area contributed by atoms with Crippen LogP contribution in [-0.2, 0) is 0 Å². The van der Waals surface area contributed by atoms with Crippen LogP contribution in [0.15, 0.2) is 0 Å². The zero-order valence-corrected chi connectivity index (χ0v) is 5.50. The number of nitrogens with two attached hydrogens (primary N) is 2. The third-order valence-corrected chi connectivity index (χ3v) is 0.868. The summed E-state index contributed by atoms with van der Waals surface area (Å²) in [7, 11) is 0. The number of halogens is 2. The molecule has 2 nitrogen and oxygen atoms in total. The van der Waals surface area contributed by atoms with Crippen LogP contribution in [0.2, 0.25) is 0 Å². The first kappa shape index (κ1) is 10.5. The van der Waals surface area contributed by atoms with Gasteiger partial charge < -0.3 is 11.5 Å². The lowest BCUT2D eigenvalue weighted by atomic mass is 10.4. The summed E-state index contributed by atoms with van der Waals surface area (Å²) in [6.07, 6.45) is 0. The number of rotatable bonds is 2. The zero-order chi connectivity index (χ0) is 4.99. The molecule has 0 aromatic heterocycles. The number of hydrogen-bond donors (Lipinski definition) is 2. The molecule has 0 heterocycles. The summed E-state index contributed by atoms with van der Waals surface area (Å²) in [6, 6.07) is 0. The van der Waals surface area contributed by atoms with E-state index in [1.165, 1.54) is 0 Å². The Balaban J connectivity index is 0. The van der Waals surface area contributed by atoms with Crippen molar-refractivity contribution in [2.75, 3.05) is 13.1 Å². The first-order chi connectivity index (χ1) is 2.81. The minimum Gasteiger partial charge on any atom is -0.329 e. The van der Waals surface area contributed by atoms with Crippen LogP contribution in [-0.4, -0.2) is 18.5 Å². The third-order valence-electron chi connectivity index (χ3n) is 0.512.